The molecule has 0 aromatic heterocycles. The Kier molecular flexibility index (Phi) is 12.1. The van der Waals surface area contributed by atoms with Gasteiger partial charge in [-0.2, -0.15) is 0 Å². The molecule has 0 radical (unpaired) electrons. The summed E-state index contributed by atoms with van der Waals surface area (Å²) in [5.41, 5.74) is 0.963. The van der Waals surface area contributed by atoms with Crippen molar-refractivity contribution in [2.24, 2.45) is 10.9 Å². The summed E-state index contributed by atoms with van der Waals surface area (Å²) in [5.74, 6) is 1.64. The van der Waals surface area contributed by atoms with E-state index in [-0.39, 0.29) is 35.4 Å². The van der Waals surface area contributed by atoms with Gasteiger partial charge in [0.25, 0.3) is 0 Å². The summed E-state index contributed by atoms with van der Waals surface area (Å²) in [5, 5.41) is 6.83. The van der Waals surface area contributed by atoms with Crippen molar-refractivity contribution in [1.82, 2.24) is 15.4 Å². The molecule has 1 saturated carbocycles. The Morgan fingerprint density at radius 2 is 1.83 bits per heavy atom. The molecule has 0 unspecified atom stereocenters. The molecule has 0 atom stereocenters. The second kappa shape index (κ2) is 13.4. The van der Waals surface area contributed by atoms with Crippen molar-refractivity contribution >= 4 is 40.0 Å². The fourth-order valence-electron chi connectivity index (χ4n) is 3.22. The highest BCUT2D eigenvalue weighted by atomic mass is 127. The normalized spacial score (nSPS) is 20.0. The molecule has 1 aliphatic carbocycles. The van der Waals surface area contributed by atoms with Crippen molar-refractivity contribution in [3.05, 3.63) is 29.8 Å². The summed E-state index contributed by atoms with van der Waals surface area (Å²) >= 11 is 0. The number of rotatable bonds is 9. The summed E-state index contributed by atoms with van der Waals surface area (Å²) in [6, 6.07) is 7.31. The quantitative estimate of drug-likeness (QED) is 0.195. The fraction of sp³-hybridized carbons (Fsp3) is 0.650. The number of aliphatic imine (C=N–C) groups is 1. The van der Waals surface area contributed by atoms with Crippen molar-refractivity contribution in [1.29, 1.82) is 0 Å². The van der Waals surface area contributed by atoms with E-state index in [4.69, 9.17) is 4.74 Å². The Morgan fingerprint density at radius 1 is 1.17 bits per heavy atom. The van der Waals surface area contributed by atoms with Crippen molar-refractivity contribution in [3.8, 4) is 0 Å². The van der Waals surface area contributed by atoms with Gasteiger partial charge in [-0.1, -0.05) is 19.1 Å². The van der Waals surface area contributed by atoms with Gasteiger partial charge in [0.1, 0.15) is 0 Å². The van der Waals surface area contributed by atoms with E-state index in [0.717, 1.165) is 24.0 Å². The monoisotopic (exact) mass is 538 g/mol. The number of guanidine groups is 1. The van der Waals surface area contributed by atoms with Crippen LogP contribution in [0.25, 0.3) is 0 Å². The molecule has 2 rings (SSSR count). The molecule has 0 saturated heterocycles. The standard InChI is InChI=1S/C20H34N4O3S.HI/c1-4-21-20(24-18-9-5-16(2)6-10-18)22-15-17-7-11-19(12-8-17)28(25,26)23-13-14-27-3;/h7-8,11-12,16,18,23H,4-6,9-10,13-15H2,1-3H3,(H2,21,22,24);1H. The van der Waals surface area contributed by atoms with Crippen LogP contribution >= 0.6 is 24.0 Å². The number of benzene rings is 1. The van der Waals surface area contributed by atoms with Crippen molar-refractivity contribution in [3.63, 3.8) is 0 Å². The van der Waals surface area contributed by atoms with Crippen LogP contribution in [-0.4, -0.2) is 47.2 Å². The number of sulfonamides is 1. The van der Waals surface area contributed by atoms with Crippen molar-refractivity contribution in [2.45, 2.75) is 57.0 Å². The van der Waals surface area contributed by atoms with E-state index in [9.17, 15) is 8.42 Å². The third-order valence-electron chi connectivity index (χ3n) is 4.95. The number of nitrogens with one attached hydrogen (secondary N) is 3. The zero-order valence-corrected chi connectivity index (χ0v) is 20.8. The number of ether oxygens (including phenoxy) is 1. The third kappa shape index (κ3) is 9.18. The van der Waals surface area contributed by atoms with E-state index in [2.05, 4.69) is 34.2 Å². The van der Waals surface area contributed by atoms with Crippen molar-refractivity contribution < 1.29 is 13.2 Å². The number of halogens is 1. The van der Waals surface area contributed by atoms with Gasteiger partial charge in [0.2, 0.25) is 10.0 Å². The highest BCUT2D eigenvalue weighted by Crippen LogP contribution is 2.23. The van der Waals surface area contributed by atoms with Crippen LogP contribution in [0.15, 0.2) is 34.2 Å². The lowest BCUT2D eigenvalue weighted by Crippen LogP contribution is -2.44. The lowest BCUT2D eigenvalue weighted by molar-refractivity contribution is 0.204. The van der Waals surface area contributed by atoms with Crippen LogP contribution in [0.2, 0.25) is 0 Å². The highest BCUT2D eigenvalue weighted by Gasteiger charge is 2.19. The molecular weight excluding hydrogens is 503 g/mol. The van der Waals surface area contributed by atoms with E-state index >= 15 is 0 Å². The molecule has 0 aliphatic heterocycles. The molecule has 0 bridgehead atoms. The minimum atomic E-state index is -3.50. The molecular formula is C20H35IN4O3S. The van der Waals surface area contributed by atoms with Crippen LogP contribution in [-0.2, 0) is 21.3 Å². The molecule has 1 aliphatic rings. The van der Waals surface area contributed by atoms with Crippen LogP contribution < -0.4 is 15.4 Å². The Bertz CT molecular complexity index is 718. The van der Waals surface area contributed by atoms with Gasteiger partial charge in [-0.05, 0) is 56.2 Å². The minimum absolute atomic E-state index is 0. The van der Waals surface area contributed by atoms with E-state index in [1.807, 2.05) is 0 Å². The van der Waals surface area contributed by atoms with Crippen molar-refractivity contribution in [2.75, 3.05) is 26.8 Å². The molecule has 0 heterocycles. The van der Waals surface area contributed by atoms with Gasteiger partial charge < -0.3 is 15.4 Å². The van der Waals surface area contributed by atoms with Gasteiger partial charge in [-0.15, -0.1) is 24.0 Å². The minimum Gasteiger partial charge on any atom is -0.383 e. The lowest BCUT2D eigenvalue weighted by Gasteiger charge is -2.28. The molecule has 1 aromatic rings. The van der Waals surface area contributed by atoms with Crippen LogP contribution in [0.4, 0.5) is 0 Å². The topological polar surface area (TPSA) is 91.8 Å². The maximum absolute atomic E-state index is 12.2. The average molecular weight is 538 g/mol. The SMILES string of the molecule is CCNC(=NCc1ccc(S(=O)(=O)NCCOC)cc1)NC1CCC(C)CC1.I. The smallest absolute Gasteiger partial charge is 0.240 e. The molecule has 29 heavy (non-hydrogen) atoms. The number of methoxy groups -OCH3 is 1. The molecule has 0 spiro atoms. The molecule has 166 valence electrons. The summed E-state index contributed by atoms with van der Waals surface area (Å²) in [7, 11) is -1.97. The largest absolute Gasteiger partial charge is 0.383 e. The molecule has 9 heteroatoms. The Hall–Kier alpha value is -0.910. The third-order valence-corrected chi connectivity index (χ3v) is 6.43. The summed E-state index contributed by atoms with van der Waals surface area (Å²) in [6.07, 6.45) is 4.86. The van der Waals surface area contributed by atoms with Crippen LogP contribution in [0, 0.1) is 5.92 Å². The second-order valence-corrected chi connectivity index (χ2v) is 9.10. The first-order chi connectivity index (χ1) is 13.4. The lowest BCUT2D eigenvalue weighted by atomic mass is 9.87. The maximum Gasteiger partial charge on any atom is 0.240 e. The maximum atomic E-state index is 12.2. The average Bonchev–Trinajstić information content (AvgIpc) is 2.68. The Balaban J connectivity index is 0.00000420. The van der Waals surface area contributed by atoms with E-state index in [1.54, 1.807) is 24.3 Å². The molecule has 0 amide bonds. The van der Waals surface area contributed by atoms with Crippen LogP contribution in [0.1, 0.15) is 45.1 Å². The number of hydrogen-bond donors (Lipinski definition) is 3. The van der Waals surface area contributed by atoms with Gasteiger partial charge in [-0.25, -0.2) is 18.1 Å². The summed E-state index contributed by atoms with van der Waals surface area (Å²) in [4.78, 5) is 4.91. The number of hydrogen-bond acceptors (Lipinski definition) is 4. The summed E-state index contributed by atoms with van der Waals surface area (Å²) < 4.78 is 31.8. The highest BCUT2D eigenvalue weighted by molar-refractivity contribution is 14.0. The molecule has 1 fully saturated rings. The molecule has 7 nitrogen and oxygen atoms in total. The van der Waals surface area contributed by atoms with Crippen LogP contribution in [0.5, 0.6) is 0 Å². The molecule has 3 N–H and O–H groups in total. The zero-order valence-electron chi connectivity index (χ0n) is 17.6. The van der Waals surface area contributed by atoms with Gasteiger partial charge in [0.05, 0.1) is 18.0 Å². The van der Waals surface area contributed by atoms with E-state index in [0.29, 0.717) is 19.2 Å². The van der Waals surface area contributed by atoms with E-state index in [1.165, 1.54) is 32.8 Å². The number of nitrogens with zero attached hydrogens (tertiary/aromatic N) is 1. The molecule has 1 aromatic carbocycles. The summed E-state index contributed by atoms with van der Waals surface area (Å²) in [6.45, 7) is 6.26. The van der Waals surface area contributed by atoms with E-state index < -0.39 is 10.0 Å². The zero-order chi connectivity index (χ0) is 20.4. The fourth-order valence-corrected chi connectivity index (χ4v) is 4.24. The first-order valence-corrected chi connectivity index (χ1v) is 11.5. The first-order valence-electron chi connectivity index (χ1n) is 10.1. The Morgan fingerprint density at radius 3 is 2.41 bits per heavy atom. The predicted octanol–water partition coefficient (Wildman–Crippen LogP) is 2.86. The van der Waals surface area contributed by atoms with Gasteiger partial charge in [0.15, 0.2) is 5.96 Å². The first kappa shape index (κ1) is 26.1. The van der Waals surface area contributed by atoms with Gasteiger partial charge in [0, 0.05) is 26.2 Å². The van der Waals surface area contributed by atoms with Gasteiger partial charge >= 0.3 is 0 Å². The Labute approximate surface area is 192 Å². The van der Waals surface area contributed by atoms with Crippen LogP contribution in [0.3, 0.4) is 0 Å². The second-order valence-electron chi connectivity index (χ2n) is 7.33. The predicted molar refractivity (Wildman–Crippen MR) is 128 cm³/mol. The van der Waals surface area contributed by atoms with Gasteiger partial charge in [-0.3, -0.25) is 0 Å².